The zero-order valence-electron chi connectivity index (χ0n) is 17.0. The standard InChI is InChI=1S/C21H20N2O.C4H8.H2/c1-14-6-8-15(9-7-14)21-19(13-22)18-12-17(24-2)10-11-20(18)23(21)16-4-3-5-16;1-4-2-3-4;/h6-12,16H,3-5H2,1-2H3;4H,2-3H2,1H3;1H. The van der Waals surface area contributed by atoms with Crippen molar-refractivity contribution in [2.75, 3.05) is 7.11 Å². The van der Waals surface area contributed by atoms with Gasteiger partial charge < -0.3 is 9.30 Å². The van der Waals surface area contributed by atoms with Crippen LogP contribution in [-0.4, -0.2) is 11.7 Å². The lowest BCUT2D eigenvalue weighted by Gasteiger charge is -2.30. The maximum Gasteiger partial charge on any atom is 0.119 e. The Morgan fingerprint density at radius 1 is 1.07 bits per heavy atom. The second kappa shape index (κ2) is 7.72. The van der Waals surface area contributed by atoms with Gasteiger partial charge in [0, 0.05) is 12.9 Å². The third kappa shape index (κ3) is 3.52. The van der Waals surface area contributed by atoms with Crippen molar-refractivity contribution in [1.29, 1.82) is 5.26 Å². The molecular weight excluding hydrogens is 344 g/mol. The van der Waals surface area contributed by atoms with E-state index in [2.05, 4.69) is 54.8 Å². The van der Waals surface area contributed by atoms with Crippen molar-refractivity contribution in [3.05, 3.63) is 53.6 Å². The second-order valence-corrected chi connectivity index (χ2v) is 8.22. The summed E-state index contributed by atoms with van der Waals surface area (Å²) in [4.78, 5) is 0. The molecule has 0 amide bonds. The van der Waals surface area contributed by atoms with E-state index in [0.717, 1.165) is 39.4 Å². The monoisotopic (exact) mass is 374 g/mol. The number of rotatable bonds is 3. The predicted molar refractivity (Wildman–Crippen MR) is 117 cm³/mol. The van der Waals surface area contributed by atoms with E-state index in [1.807, 2.05) is 12.1 Å². The molecule has 3 nitrogen and oxygen atoms in total. The van der Waals surface area contributed by atoms with Crippen molar-refractivity contribution in [3.8, 4) is 23.1 Å². The summed E-state index contributed by atoms with van der Waals surface area (Å²) in [5, 5.41) is 10.9. The number of benzene rings is 2. The van der Waals surface area contributed by atoms with E-state index in [1.165, 1.54) is 37.7 Å². The third-order valence-electron chi connectivity index (χ3n) is 5.95. The average molecular weight is 375 g/mol. The number of nitrogens with zero attached hydrogens (tertiary/aromatic N) is 2. The van der Waals surface area contributed by atoms with Gasteiger partial charge in [-0.25, -0.2) is 0 Å². The first-order chi connectivity index (χ1) is 13.6. The highest BCUT2D eigenvalue weighted by molar-refractivity contribution is 5.95. The lowest BCUT2D eigenvalue weighted by atomic mass is 9.92. The second-order valence-electron chi connectivity index (χ2n) is 8.22. The first-order valence-corrected chi connectivity index (χ1v) is 10.3. The van der Waals surface area contributed by atoms with Gasteiger partial charge in [-0.15, -0.1) is 0 Å². The molecule has 0 N–H and O–H groups in total. The fourth-order valence-electron chi connectivity index (χ4n) is 3.72. The minimum atomic E-state index is 0. The van der Waals surface area contributed by atoms with E-state index in [1.54, 1.807) is 7.11 Å². The van der Waals surface area contributed by atoms with Crippen LogP contribution in [0.25, 0.3) is 22.2 Å². The highest BCUT2D eigenvalue weighted by Crippen LogP contribution is 2.43. The molecule has 146 valence electrons. The molecule has 0 saturated heterocycles. The predicted octanol–water partition coefficient (Wildman–Crippen LogP) is 6.88. The van der Waals surface area contributed by atoms with E-state index in [4.69, 9.17) is 4.74 Å². The van der Waals surface area contributed by atoms with Gasteiger partial charge >= 0.3 is 0 Å². The SMILES string of the molecule is CC1CC1.COc1ccc2c(c1)c(C#N)c(-c1ccc(C)cc1)n2C1CCC1.[HH]. The van der Waals surface area contributed by atoms with Gasteiger partial charge in [0.15, 0.2) is 0 Å². The van der Waals surface area contributed by atoms with Gasteiger partial charge in [0.1, 0.15) is 11.8 Å². The summed E-state index contributed by atoms with van der Waals surface area (Å²) in [6.45, 7) is 4.36. The number of methoxy groups -OCH3 is 1. The quantitative estimate of drug-likeness (QED) is 0.501. The van der Waals surface area contributed by atoms with E-state index < -0.39 is 0 Å². The number of hydrogen-bond donors (Lipinski definition) is 0. The fraction of sp³-hybridized carbons (Fsp3) is 0.400. The van der Waals surface area contributed by atoms with Crippen LogP contribution in [0, 0.1) is 24.2 Å². The van der Waals surface area contributed by atoms with Gasteiger partial charge in [-0.05, 0) is 55.9 Å². The highest BCUT2D eigenvalue weighted by atomic mass is 16.5. The van der Waals surface area contributed by atoms with E-state index in [-0.39, 0.29) is 1.43 Å². The average Bonchev–Trinajstić information content (AvgIpc) is 3.39. The van der Waals surface area contributed by atoms with Gasteiger partial charge in [-0.3, -0.25) is 0 Å². The van der Waals surface area contributed by atoms with Crippen LogP contribution in [-0.2, 0) is 0 Å². The molecule has 2 aromatic carbocycles. The van der Waals surface area contributed by atoms with Gasteiger partial charge in [0.25, 0.3) is 0 Å². The van der Waals surface area contributed by atoms with Gasteiger partial charge in [-0.1, -0.05) is 49.6 Å². The molecule has 1 aromatic heterocycles. The fourth-order valence-corrected chi connectivity index (χ4v) is 3.72. The van der Waals surface area contributed by atoms with Crippen LogP contribution in [0.3, 0.4) is 0 Å². The minimum absolute atomic E-state index is 0. The largest absolute Gasteiger partial charge is 0.497 e. The zero-order chi connectivity index (χ0) is 19.7. The number of aryl methyl sites for hydroxylation is 1. The molecule has 3 heteroatoms. The normalized spacial score (nSPS) is 16.1. The Labute approximate surface area is 169 Å². The minimum Gasteiger partial charge on any atom is -0.497 e. The van der Waals surface area contributed by atoms with Crippen molar-refractivity contribution in [1.82, 2.24) is 4.57 Å². The van der Waals surface area contributed by atoms with Crippen LogP contribution in [0.4, 0.5) is 0 Å². The zero-order valence-corrected chi connectivity index (χ0v) is 17.0. The molecule has 0 spiro atoms. The maximum atomic E-state index is 9.88. The van der Waals surface area contributed by atoms with Gasteiger partial charge in [0.2, 0.25) is 0 Å². The number of hydrogen-bond acceptors (Lipinski definition) is 2. The van der Waals surface area contributed by atoms with E-state index in [9.17, 15) is 5.26 Å². The number of aromatic nitrogens is 1. The van der Waals surface area contributed by atoms with Crippen molar-refractivity contribution in [2.24, 2.45) is 5.92 Å². The maximum absolute atomic E-state index is 9.88. The summed E-state index contributed by atoms with van der Waals surface area (Å²) in [6, 6.07) is 17.5. The van der Waals surface area contributed by atoms with Crippen LogP contribution in [0.1, 0.15) is 57.6 Å². The Morgan fingerprint density at radius 3 is 2.25 bits per heavy atom. The summed E-state index contributed by atoms with van der Waals surface area (Å²) in [7, 11) is 1.66. The first-order valence-electron chi connectivity index (χ1n) is 10.3. The smallest absolute Gasteiger partial charge is 0.119 e. The molecule has 0 unspecified atom stereocenters. The van der Waals surface area contributed by atoms with E-state index >= 15 is 0 Å². The summed E-state index contributed by atoms with van der Waals surface area (Å²) < 4.78 is 7.75. The number of fused-ring (bicyclic) bond motifs is 1. The van der Waals surface area contributed by atoms with Gasteiger partial charge in [0.05, 0.1) is 23.9 Å². The lowest BCUT2D eigenvalue weighted by Crippen LogP contribution is -2.17. The molecule has 2 aliphatic rings. The van der Waals surface area contributed by atoms with Crippen molar-refractivity contribution >= 4 is 10.9 Å². The molecule has 1 heterocycles. The molecule has 3 aromatic rings. The van der Waals surface area contributed by atoms with E-state index in [0.29, 0.717) is 6.04 Å². The molecule has 0 aliphatic heterocycles. The topological polar surface area (TPSA) is 37.9 Å². The molecule has 0 atom stereocenters. The van der Waals surface area contributed by atoms with Crippen molar-refractivity contribution in [2.45, 2.75) is 52.0 Å². The van der Waals surface area contributed by atoms with Crippen LogP contribution in [0.2, 0.25) is 0 Å². The van der Waals surface area contributed by atoms with Crippen LogP contribution in [0.5, 0.6) is 5.75 Å². The number of ether oxygens (including phenoxy) is 1. The molecule has 2 aliphatic carbocycles. The van der Waals surface area contributed by atoms with Crippen LogP contribution < -0.4 is 4.74 Å². The summed E-state index contributed by atoms with van der Waals surface area (Å²) in [5.41, 5.74) is 5.27. The van der Waals surface area contributed by atoms with Crippen LogP contribution >= 0.6 is 0 Å². The van der Waals surface area contributed by atoms with Crippen molar-refractivity contribution < 1.29 is 6.16 Å². The summed E-state index contributed by atoms with van der Waals surface area (Å²) >= 11 is 0. The summed E-state index contributed by atoms with van der Waals surface area (Å²) in [6.07, 6.45) is 6.59. The van der Waals surface area contributed by atoms with Gasteiger partial charge in [-0.2, -0.15) is 5.26 Å². The molecule has 2 fully saturated rings. The lowest BCUT2D eigenvalue weighted by molar-refractivity contribution is 0.324. The third-order valence-corrected chi connectivity index (χ3v) is 5.95. The Hall–Kier alpha value is -2.73. The first kappa shape index (κ1) is 18.6. The summed E-state index contributed by atoms with van der Waals surface area (Å²) in [5.74, 6) is 1.88. The molecule has 0 radical (unpaired) electrons. The Balaban J connectivity index is 0.000000431. The highest BCUT2D eigenvalue weighted by Gasteiger charge is 2.27. The van der Waals surface area contributed by atoms with Crippen LogP contribution in [0.15, 0.2) is 42.5 Å². The molecule has 2 saturated carbocycles. The Morgan fingerprint density at radius 2 is 1.75 bits per heavy atom. The Bertz CT molecular complexity index is 1020. The molecule has 28 heavy (non-hydrogen) atoms. The Kier molecular flexibility index (Phi) is 5.13. The molecule has 5 rings (SSSR count). The number of nitriles is 1. The molecular formula is C25H30N2O. The van der Waals surface area contributed by atoms with Crippen molar-refractivity contribution in [3.63, 3.8) is 0 Å². The molecule has 0 bridgehead atoms.